The number of phosphoric ester groups is 1. The smallest absolute Gasteiger partial charge is 0.457 e. The van der Waals surface area contributed by atoms with Gasteiger partial charge in [-0.2, -0.15) is 0 Å². The Morgan fingerprint density at radius 1 is 0.500 bits per heavy atom. The van der Waals surface area contributed by atoms with Crippen molar-refractivity contribution in [2.24, 2.45) is 0 Å². The average Bonchev–Trinajstić information content (AvgIpc) is 3.29. The van der Waals surface area contributed by atoms with Crippen molar-refractivity contribution in [3.8, 4) is 0 Å². The predicted molar refractivity (Wildman–Crippen MR) is 270 cm³/mol. The minimum Gasteiger partial charge on any atom is -0.457 e. The maximum atomic E-state index is 12.7. The number of carbonyl (C=O) groups excluding carboxylic acids is 1. The molecule has 0 amide bonds. The van der Waals surface area contributed by atoms with Crippen molar-refractivity contribution < 1.29 is 43.0 Å². The zero-order chi connectivity index (χ0) is 46.7. The Bertz CT molecular complexity index is 1180. The van der Waals surface area contributed by atoms with E-state index in [1.54, 1.807) is 0 Å². The van der Waals surface area contributed by atoms with Crippen LogP contribution in [0.3, 0.4) is 0 Å². The number of allylic oxidation sites excluding steroid dienone is 10. The molecule has 0 bridgehead atoms. The fraction of sp³-hybridized carbons (Fsp3) is 0.796. The molecule has 64 heavy (non-hydrogen) atoms. The fourth-order valence-electron chi connectivity index (χ4n) is 7.27. The number of unbranched alkanes of at least 4 members (excludes halogenated alkanes) is 26. The van der Waals surface area contributed by atoms with Crippen LogP contribution in [0, 0.1) is 0 Å². The van der Waals surface area contributed by atoms with Gasteiger partial charge in [0.1, 0.15) is 12.2 Å². The zero-order valence-corrected chi connectivity index (χ0v) is 42.1. The third kappa shape index (κ3) is 49.6. The van der Waals surface area contributed by atoms with Gasteiger partial charge < -0.3 is 24.6 Å². The molecule has 0 aliphatic heterocycles. The number of hydrogen-bond donors (Lipinski definition) is 3. The quantitative estimate of drug-likeness (QED) is 0.0236. The summed E-state index contributed by atoms with van der Waals surface area (Å²) in [5, 5.41) is 18.4. The van der Waals surface area contributed by atoms with Gasteiger partial charge in [-0.3, -0.25) is 13.8 Å². The van der Waals surface area contributed by atoms with Crippen LogP contribution in [0.4, 0.5) is 0 Å². The molecular formula is C54H99O9P. The first-order valence-corrected chi connectivity index (χ1v) is 27.8. The molecule has 0 aromatic carbocycles. The Labute approximate surface area is 393 Å². The third-order valence-electron chi connectivity index (χ3n) is 11.2. The largest absolute Gasteiger partial charge is 0.472 e. The van der Waals surface area contributed by atoms with Gasteiger partial charge in [-0.25, -0.2) is 4.57 Å². The number of aliphatic hydroxyl groups is 2. The SMILES string of the molecule is CC/C=C\C/C=C\C/C=C\C/C=C\C/C=C\CCCCCCCCCC(=O)OC(COCCCCCCCCCCCCCCCCCCCCCC)COP(=O)(O)OCC(O)CO. The van der Waals surface area contributed by atoms with E-state index in [0.717, 1.165) is 70.6 Å². The van der Waals surface area contributed by atoms with Crippen LogP contribution in [-0.4, -0.2) is 66.3 Å². The number of phosphoric acid groups is 1. The highest BCUT2D eigenvalue weighted by molar-refractivity contribution is 7.47. The number of aliphatic hydroxyl groups excluding tert-OH is 2. The molecule has 374 valence electrons. The van der Waals surface area contributed by atoms with E-state index >= 15 is 0 Å². The summed E-state index contributed by atoms with van der Waals surface area (Å²) < 4.78 is 33.6. The van der Waals surface area contributed by atoms with Crippen molar-refractivity contribution in [1.82, 2.24) is 0 Å². The van der Waals surface area contributed by atoms with Crippen LogP contribution in [-0.2, 0) is 27.9 Å². The van der Waals surface area contributed by atoms with Crippen molar-refractivity contribution in [1.29, 1.82) is 0 Å². The highest BCUT2D eigenvalue weighted by atomic mass is 31.2. The fourth-order valence-corrected chi connectivity index (χ4v) is 8.06. The van der Waals surface area contributed by atoms with E-state index in [1.165, 1.54) is 135 Å². The number of esters is 1. The molecule has 9 nitrogen and oxygen atoms in total. The predicted octanol–water partition coefficient (Wildman–Crippen LogP) is 15.5. The molecule has 0 heterocycles. The first kappa shape index (κ1) is 62.2. The van der Waals surface area contributed by atoms with Gasteiger partial charge >= 0.3 is 13.8 Å². The second-order valence-electron chi connectivity index (χ2n) is 17.5. The Kier molecular flexibility index (Phi) is 49.1. The Morgan fingerprint density at radius 2 is 0.891 bits per heavy atom. The summed E-state index contributed by atoms with van der Waals surface area (Å²) in [5.41, 5.74) is 0. The van der Waals surface area contributed by atoms with Gasteiger partial charge in [-0.15, -0.1) is 0 Å². The van der Waals surface area contributed by atoms with Crippen LogP contribution < -0.4 is 0 Å². The molecule has 0 aromatic rings. The summed E-state index contributed by atoms with van der Waals surface area (Å²) in [6, 6.07) is 0. The zero-order valence-electron chi connectivity index (χ0n) is 41.2. The van der Waals surface area contributed by atoms with Crippen LogP contribution in [0.2, 0.25) is 0 Å². The van der Waals surface area contributed by atoms with Crippen LogP contribution in [0.25, 0.3) is 0 Å². The topological polar surface area (TPSA) is 132 Å². The van der Waals surface area contributed by atoms with E-state index in [9.17, 15) is 19.4 Å². The summed E-state index contributed by atoms with van der Waals surface area (Å²) in [5.74, 6) is -0.391. The van der Waals surface area contributed by atoms with E-state index in [4.69, 9.17) is 23.6 Å². The highest BCUT2D eigenvalue weighted by Crippen LogP contribution is 2.43. The number of rotatable bonds is 50. The molecule has 0 radical (unpaired) electrons. The van der Waals surface area contributed by atoms with Gasteiger partial charge in [0.15, 0.2) is 0 Å². The highest BCUT2D eigenvalue weighted by Gasteiger charge is 2.26. The molecule has 3 atom stereocenters. The van der Waals surface area contributed by atoms with E-state index < -0.39 is 39.2 Å². The summed E-state index contributed by atoms with van der Waals surface area (Å²) in [6.45, 7) is 3.43. The molecule has 0 fully saturated rings. The molecule has 3 N–H and O–H groups in total. The number of carbonyl (C=O) groups is 1. The van der Waals surface area contributed by atoms with Gasteiger partial charge in [-0.1, -0.05) is 229 Å². The van der Waals surface area contributed by atoms with Crippen molar-refractivity contribution in [2.75, 3.05) is 33.0 Å². The van der Waals surface area contributed by atoms with Gasteiger partial charge in [0.2, 0.25) is 0 Å². The third-order valence-corrected chi connectivity index (χ3v) is 12.2. The lowest BCUT2D eigenvalue weighted by atomic mass is 10.0. The number of ether oxygens (including phenoxy) is 2. The first-order chi connectivity index (χ1) is 31.3. The summed E-state index contributed by atoms with van der Waals surface area (Å²) in [6.07, 6.45) is 60.4. The lowest BCUT2D eigenvalue weighted by molar-refractivity contribution is -0.154. The normalized spacial score (nSPS) is 14.3. The van der Waals surface area contributed by atoms with Crippen molar-refractivity contribution >= 4 is 13.8 Å². The molecule has 0 aliphatic carbocycles. The summed E-state index contributed by atoms with van der Waals surface area (Å²) in [4.78, 5) is 22.7. The van der Waals surface area contributed by atoms with Gasteiger partial charge in [0.25, 0.3) is 0 Å². The Hall–Kier alpha value is -1.84. The van der Waals surface area contributed by atoms with Gasteiger partial charge in [0, 0.05) is 13.0 Å². The molecule has 0 rings (SSSR count). The molecule has 0 saturated carbocycles. The maximum Gasteiger partial charge on any atom is 0.472 e. The van der Waals surface area contributed by atoms with E-state index in [-0.39, 0.29) is 19.6 Å². The van der Waals surface area contributed by atoms with E-state index in [2.05, 4.69) is 74.6 Å². The van der Waals surface area contributed by atoms with Crippen LogP contribution in [0.15, 0.2) is 60.8 Å². The van der Waals surface area contributed by atoms with E-state index in [1.807, 2.05) is 0 Å². The molecular weight excluding hydrogens is 824 g/mol. The van der Waals surface area contributed by atoms with Crippen molar-refractivity contribution in [2.45, 2.75) is 244 Å². The van der Waals surface area contributed by atoms with E-state index in [0.29, 0.717) is 13.0 Å². The Morgan fingerprint density at radius 3 is 1.34 bits per heavy atom. The van der Waals surface area contributed by atoms with Gasteiger partial charge in [0.05, 0.1) is 26.4 Å². The Balaban J connectivity index is 4.09. The van der Waals surface area contributed by atoms with Crippen LogP contribution in [0.1, 0.15) is 232 Å². The lowest BCUT2D eigenvalue weighted by Gasteiger charge is -2.20. The minimum absolute atomic E-state index is 0.0454. The molecule has 3 unspecified atom stereocenters. The number of hydrogen-bond acceptors (Lipinski definition) is 8. The molecule has 0 aromatic heterocycles. The minimum atomic E-state index is -4.53. The summed E-state index contributed by atoms with van der Waals surface area (Å²) in [7, 11) is -4.53. The lowest BCUT2D eigenvalue weighted by Crippen LogP contribution is -2.29. The second-order valence-corrected chi connectivity index (χ2v) is 19.0. The second kappa shape index (κ2) is 50.6. The molecule has 0 saturated heterocycles. The average molecular weight is 923 g/mol. The first-order valence-electron chi connectivity index (χ1n) is 26.3. The summed E-state index contributed by atoms with van der Waals surface area (Å²) >= 11 is 0. The monoisotopic (exact) mass is 923 g/mol. The standard InChI is InChI=1S/C54H99O9P/c1-3-5-7-9-11-13-15-17-19-21-23-25-26-27-28-30-32-34-36-38-40-42-44-46-54(57)63-53(51-62-64(58,59)61-49-52(56)48-55)50-60-47-45-43-41-39-37-35-33-31-29-24-22-20-18-16-14-12-10-8-6-4-2/h5,7,11,13,17,19,23,25,27-28,52-53,55-56H,3-4,6,8-10,12,14-16,18,20-22,24,26,29-51H2,1-2H3,(H,58,59)/b7-5-,13-11-,19-17-,25-23-,28-27-. The van der Waals surface area contributed by atoms with Gasteiger partial charge in [-0.05, 0) is 57.8 Å². The van der Waals surface area contributed by atoms with Crippen LogP contribution in [0.5, 0.6) is 0 Å². The molecule has 0 aliphatic rings. The van der Waals surface area contributed by atoms with Crippen molar-refractivity contribution in [3.05, 3.63) is 60.8 Å². The van der Waals surface area contributed by atoms with Crippen LogP contribution >= 0.6 is 7.82 Å². The maximum absolute atomic E-state index is 12.7. The molecule has 10 heteroatoms. The van der Waals surface area contributed by atoms with Crippen molar-refractivity contribution in [3.63, 3.8) is 0 Å². The molecule has 0 spiro atoms.